The summed E-state index contributed by atoms with van der Waals surface area (Å²) in [7, 11) is 1.27. The minimum atomic E-state index is -1.16. The largest absolute Gasteiger partial charge is 0.490 e. The van der Waals surface area contributed by atoms with Gasteiger partial charge in [0.15, 0.2) is 17.7 Å². The minimum absolute atomic E-state index is 0.164. The van der Waals surface area contributed by atoms with Gasteiger partial charge in [0, 0.05) is 11.3 Å². The third-order valence-electron chi connectivity index (χ3n) is 6.40. The number of carbonyl (C=O) groups excluding carboxylic acids is 2. The van der Waals surface area contributed by atoms with E-state index in [0.29, 0.717) is 50.7 Å². The molecule has 1 aliphatic heterocycles. The molecule has 0 radical (unpaired) electrons. The first-order valence-electron chi connectivity index (χ1n) is 13.6. The molecule has 2 amide bonds. The van der Waals surface area contributed by atoms with Gasteiger partial charge in [0.1, 0.15) is 19.0 Å². The van der Waals surface area contributed by atoms with Crippen LogP contribution in [0.4, 0.5) is 4.79 Å². The van der Waals surface area contributed by atoms with Crippen molar-refractivity contribution < 1.29 is 33.6 Å². The third-order valence-corrected chi connectivity index (χ3v) is 7.14. The quantitative estimate of drug-likeness (QED) is 0.0875. The van der Waals surface area contributed by atoms with Crippen molar-refractivity contribution >= 4 is 41.4 Å². The average molecular weight is 644 g/mol. The summed E-state index contributed by atoms with van der Waals surface area (Å²) in [6, 6.07) is 16.4. The van der Waals surface area contributed by atoms with E-state index in [0.717, 1.165) is 5.56 Å². The maximum Gasteiger partial charge on any atom is 0.337 e. The van der Waals surface area contributed by atoms with E-state index in [2.05, 4.69) is 21.2 Å². The fourth-order valence-corrected chi connectivity index (χ4v) is 4.64. The Bertz CT molecular complexity index is 1560. The van der Waals surface area contributed by atoms with Crippen LogP contribution >= 0.6 is 23.2 Å². The zero-order valence-electron chi connectivity index (χ0n) is 24.2. The molecule has 0 unspecified atom stereocenters. The molecular weight excluding hydrogens is 611 g/mol. The van der Waals surface area contributed by atoms with Gasteiger partial charge in [0.2, 0.25) is 0 Å². The molecule has 13 heteroatoms. The number of ether oxygens (including phenoxy) is 4. The number of rotatable bonds is 13. The number of benzene rings is 3. The Balaban J connectivity index is 1.38. The molecule has 44 heavy (non-hydrogen) atoms. The van der Waals surface area contributed by atoms with Crippen molar-refractivity contribution in [1.82, 2.24) is 16.1 Å². The van der Waals surface area contributed by atoms with Crippen LogP contribution < -0.4 is 30.3 Å². The van der Waals surface area contributed by atoms with Gasteiger partial charge >= 0.3 is 12.0 Å². The van der Waals surface area contributed by atoms with Crippen LogP contribution in [0.15, 0.2) is 77.0 Å². The molecule has 4 N–H and O–H groups in total. The van der Waals surface area contributed by atoms with E-state index in [9.17, 15) is 14.7 Å². The van der Waals surface area contributed by atoms with Crippen LogP contribution in [0.3, 0.4) is 0 Å². The van der Waals surface area contributed by atoms with Crippen LogP contribution in [0.5, 0.6) is 17.2 Å². The van der Waals surface area contributed by atoms with E-state index in [1.165, 1.54) is 13.3 Å². The first-order valence-corrected chi connectivity index (χ1v) is 14.3. The molecule has 232 valence electrons. The van der Waals surface area contributed by atoms with Crippen molar-refractivity contribution in [2.24, 2.45) is 5.10 Å². The van der Waals surface area contributed by atoms with E-state index in [-0.39, 0.29) is 18.8 Å². The minimum Gasteiger partial charge on any atom is -0.490 e. The van der Waals surface area contributed by atoms with Gasteiger partial charge in [-0.05, 0) is 61.4 Å². The Morgan fingerprint density at radius 2 is 1.84 bits per heavy atom. The molecule has 0 saturated carbocycles. The highest BCUT2D eigenvalue weighted by Gasteiger charge is 2.32. The SMILES string of the molecule is CCOc1cc([C@H]2NC(=O)NC(C)=C2C(=O)OC)ccc1OC[C@@H](O)N/N=C\c1ccccc1OCc1ccc(Cl)c(Cl)c1. The number of amides is 2. The van der Waals surface area contributed by atoms with Crippen LogP contribution in [-0.2, 0) is 16.1 Å². The number of carbonyl (C=O) groups is 2. The molecule has 0 fully saturated rings. The highest BCUT2D eigenvalue weighted by Crippen LogP contribution is 2.35. The number of allylic oxidation sites excluding steroid dienone is 1. The van der Waals surface area contributed by atoms with Crippen molar-refractivity contribution in [3.8, 4) is 17.2 Å². The molecule has 1 heterocycles. The van der Waals surface area contributed by atoms with Crippen LogP contribution in [0.25, 0.3) is 0 Å². The Morgan fingerprint density at radius 3 is 2.59 bits per heavy atom. The molecule has 4 rings (SSSR count). The van der Waals surface area contributed by atoms with Crippen LogP contribution in [0.1, 0.15) is 36.6 Å². The third kappa shape index (κ3) is 8.34. The summed E-state index contributed by atoms with van der Waals surface area (Å²) in [5.41, 5.74) is 5.40. The monoisotopic (exact) mass is 642 g/mol. The number of hydrogen-bond donors (Lipinski definition) is 4. The molecule has 11 nitrogen and oxygen atoms in total. The Hall–Kier alpha value is -4.45. The fourth-order valence-electron chi connectivity index (χ4n) is 4.32. The van der Waals surface area contributed by atoms with Gasteiger partial charge < -0.3 is 34.7 Å². The topological polar surface area (TPSA) is 140 Å². The van der Waals surface area contributed by atoms with Crippen molar-refractivity contribution in [2.45, 2.75) is 32.7 Å². The molecule has 1 aliphatic rings. The lowest BCUT2D eigenvalue weighted by Crippen LogP contribution is -2.45. The second-order valence-electron chi connectivity index (χ2n) is 9.49. The molecule has 3 aromatic rings. The summed E-state index contributed by atoms with van der Waals surface area (Å²) in [5, 5.41) is 20.8. The second-order valence-corrected chi connectivity index (χ2v) is 10.3. The average Bonchev–Trinajstić information content (AvgIpc) is 3.01. The fraction of sp³-hybridized carbons (Fsp3) is 0.258. The zero-order chi connectivity index (χ0) is 31.6. The number of esters is 1. The number of aliphatic hydroxyl groups is 1. The smallest absolute Gasteiger partial charge is 0.337 e. The van der Waals surface area contributed by atoms with Crippen molar-refractivity contribution in [3.05, 3.63) is 98.7 Å². The van der Waals surface area contributed by atoms with Crippen molar-refractivity contribution in [2.75, 3.05) is 20.3 Å². The number of methoxy groups -OCH3 is 1. The second kappa shape index (κ2) is 15.3. The van der Waals surface area contributed by atoms with Crippen LogP contribution in [0.2, 0.25) is 10.0 Å². The van der Waals surface area contributed by atoms with E-state index in [1.54, 1.807) is 43.3 Å². The highest BCUT2D eigenvalue weighted by molar-refractivity contribution is 6.42. The maximum atomic E-state index is 12.4. The van der Waals surface area contributed by atoms with Gasteiger partial charge in [0.05, 0.1) is 41.6 Å². The lowest BCUT2D eigenvalue weighted by Gasteiger charge is -2.28. The summed E-state index contributed by atoms with van der Waals surface area (Å²) in [4.78, 5) is 24.6. The predicted octanol–water partition coefficient (Wildman–Crippen LogP) is 5.09. The number of para-hydroxylation sites is 1. The van der Waals surface area contributed by atoms with Crippen molar-refractivity contribution in [1.29, 1.82) is 0 Å². The Labute approximate surface area is 264 Å². The summed E-state index contributed by atoms with van der Waals surface area (Å²) < 4.78 is 22.4. The normalized spacial score (nSPS) is 15.3. The molecule has 2 atom stereocenters. The molecule has 0 aliphatic carbocycles. The zero-order valence-corrected chi connectivity index (χ0v) is 25.7. The van der Waals surface area contributed by atoms with E-state index in [1.807, 2.05) is 31.2 Å². The number of halogens is 2. The van der Waals surface area contributed by atoms with Crippen LogP contribution in [-0.4, -0.2) is 49.9 Å². The molecule has 0 saturated heterocycles. The summed E-state index contributed by atoms with van der Waals surface area (Å²) in [5.74, 6) is 0.723. The van der Waals surface area contributed by atoms with Gasteiger partial charge in [0.25, 0.3) is 0 Å². The number of hydrogen-bond acceptors (Lipinski definition) is 9. The molecule has 0 aromatic heterocycles. The first-order chi connectivity index (χ1) is 21.2. The number of nitrogens with zero attached hydrogens (tertiary/aromatic N) is 1. The lowest BCUT2D eigenvalue weighted by molar-refractivity contribution is -0.136. The number of hydrazone groups is 1. The van der Waals surface area contributed by atoms with Gasteiger partial charge in [-0.3, -0.25) is 5.43 Å². The number of aliphatic hydroxyl groups excluding tert-OH is 1. The molecular formula is C31H32Cl2N4O7. The number of nitrogens with one attached hydrogen (secondary N) is 3. The van der Waals surface area contributed by atoms with E-state index in [4.69, 9.17) is 42.1 Å². The van der Waals surface area contributed by atoms with Crippen molar-refractivity contribution in [3.63, 3.8) is 0 Å². The Kier molecular flexibility index (Phi) is 11.3. The van der Waals surface area contributed by atoms with E-state index >= 15 is 0 Å². The molecule has 3 aromatic carbocycles. The summed E-state index contributed by atoms with van der Waals surface area (Å²) in [6.07, 6.45) is 0.361. The number of urea groups is 1. The summed E-state index contributed by atoms with van der Waals surface area (Å²) >= 11 is 12.1. The molecule has 0 spiro atoms. The Morgan fingerprint density at radius 1 is 1.05 bits per heavy atom. The first kappa shape index (κ1) is 32.5. The van der Waals surface area contributed by atoms with Gasteiger partial charge in [-0.2, -0.15) is 5.10 Å². The summed E-state index contributed by atoms with van der Waals surface area (Å²) in [6.45, 7) is 3.87. The van der Waals surface area contributed by atoms with Gasteiger partial charge in [-0.25, -0.2) is 9.59 Å². The van der Waals surface area contributed by atoms with Gasteiger partial charge in [-0.15, -0.1) is 0 Å². The van der Waals surface area contributed by atoms with Gasteiger partial charge in [-0.1, -0.05) is 47.5 Å². The highest BCUT2D eigenvalue weighted by atomic mass is 35.5. The molecule has 0 bridgehead atoms. The standard InChI is InChI=1S/C31H32Cl2N4O7/c1-4-42-26-14-20(29-28(30(39)41-3)18(2)35-31(40)36-29)10-12-25(26)44-17-27(38)37-34-15-21-7-5-6-8-24(21)43-16-19-9-11-22(32)23(33)13-19/h5-15,27,29,37-38H,4,16-17H2,1-3H3,(H2,35,36,40)/b34-15-/t27-,29-/m1/s1. The van der Waals surface area contributed by atoms with Crippen LogP contribution in [0, 0.1) is 0 Å². The maximum absolute atomic E-state index is 12.4. The van der Waals surface area contributed by atoms with E-state index < -0.39 is 24.3 Å². The predicted molar refractivity (Wildman–Crippen MR) is 166 cm³/mol. The lowest BCUT2D eigenvalue weighted by atomic mass is 9.95.